The van der Waals surface area contributed by atoms with Crippen molar-refractivity contribution in [3.8, 4) is 0 Å². The second-order valence-corrected chi connectivity index (χ2v) is 9.31. The number of imide groups is 1. The van der Waals surface area contributed by atoms with E-state index in [9.17, 15) is 14.4 Å². The number of piperidine rings is 1. The van der Waals surface area contributed by atoms with E-state index in [0.29, 0.717) is 58.0 Å². The molecule has 0 spiro atoms. The number of alkyl halides is 1. The molecular formula is C27H41ClN2O6. The minimum atomic E-state index is -0.361. The van der Waals surface area contributed by atoms with Gasteiger partial charge in [-0.25, -0.2) is 0 Å². The fourth-order valence-electron chi connectivity index (χ4n) is 3.93. The Balaban J connectivity index is 1.42. The highest BCUT2D eigenvalue weighted by Crippen LogP contribution is 2.26. The van der Waals surface area contributed by atoms with E-state index < -0.39 is 0 Å². The summed E-state index contributed by atoms with van der Waals surface area (Å²) in [5.41, 5.74) is 1.47. The Morgan fingerprint density at radius 3 is 2.19 bits per heavy atom. The zero-order chi connectivity index (χ0) is 25.8. The summed E-state index contributed by atoms with van der Waals surface area (Å²) in [6, 6.07) is 7.28. The van der Waals surface area contributed by atoms with Crippen molar-refractivity contribution in [1.29, 1.82) is 0 Å². The summed E-state index contributed by atoms with van der Waals surface area (Å²) < 4.78 is 16.6. The van der Waals surface area contributed by atoms with E-state index in [1.807, 2.05) is 18.2 Å². The van der Waals surface area contributed by atoms with E-state index in [0.717, 1.165) is 63.0 Å². The SMILES string of the molecule is O=C1CCC(c2cccc(NC(=O)CCCCCOCCOCCOCCCCCCCl)c2)C(=O)N1. The molecule has 1 aromatic rings. The molecule has 0 saturated carbocycles. The molecular weight excluding hydrogens is 484 g/mol. The second-order valence-electron chi connectivity index (χ2n) is 8.93. The Morgan fingerprint density at radius 1 is 0.889 bits per heavy atom. The third-order valence-electron chi connectivity index (χ3n) is 5.92. The van der Waals surface area contributed by atoms with E-state index in [4.69, 9.17) is 25.8 Å². The van der Waals surface area contributed by atoms with Crippen molar-refractivity contribution in [1.82, 2.24) is 5.32 Å². The van der Waals surface area contributed by atoms with Gasteiger partial charge in [0.25, 0.3) is 0 Å². The summed E-state index contributed by atoms with van der Waals surface area (Å²) in [5.74, 6) is -0.194. The van der Waals surface area contributed by atoms with Gasteiger partial charge in [-0.3, -0.25) is 19.7 Å². The molecule has 1 fully saturated rings. The van der Waals surface area contributed by atoms with Crippen LogP contribution in [0, 0.1) is 0 Å². The minimum Gasteiger partial charge on any atom is -0.379 e. The molecule has 1 aliphatic rings. The van der Waals surface area contributed by atoms with Gasteiger partial charge in [-0.15, -0.1) is 11.6 Å². The summed E-state index contributed by atoms with van der Waals surface area (Å²) in [4.78, 5) is 35.7. The first-order chi connectivity index (χ1) is 17.6. The first kappa shape index (κ1) is 30.2. The van der Waals surface area contributed by atoms with Crippen LogP contribution in [0.5, 0.6) is 0 Å². The molecule has 0 bridgehead atoms. The maximum atomic E-state index is 12.3. The van der Waals surface area contributed by atoms with Gasteiger partial charge in [0.2, 0.25) is 17.7 Å². The zero-order valence-corrected chi connectivity index (χ0v) is 22.0. The molecule has 0 aliphatic carbocycles. The Bertz CT molecular complexity index is 791. The van der Waals surface area contributed by atoms with E-state index in [2.05, 4.69) is 10.6 Å². The first-order valence-electron chi connectivity index (χ1n) is 13.1. The molecule has 3 amide bonds. The monoisotopic (exact) mass is 524 g/mol. The van der Waals surface area contributed by atoms with Gasteiger partial charge in [-0.1, -0.05) is 31.4 Å². The van der Waals surface area contributed by atoms with Crippen LogP contribution in [0.2, 0.25) is 0 Å². The molecule has 36 heavy (non-hydrogen) atoms. The summed E-state index contributed by atoms with van der Waals surface area (Å²) in [5, 5.41) is 5.27. The van der Waals surface area contributed by atoms with Crippen molar-refractivity contribution < 1.29 is 28.6 Å². The third-order valence-corrected chi connectivity index (χ3v) is 6.19. The molecule has 202 valence electrons. The highest BCUT2D eigenvalue weighted by atomic mass is 35.5. The van der Waals surface area contributed by atoms with E-state index in [1.165, 1.54) is 0 Å². The van der Waals surface area contributed by atoms with Gasteiger partial charge in [-0.05, 0) is 49.8 Å². The van der Waals surface area contributed by atoms with Crippen LogP contribution < -0.4 is 10.6 Å². The van der Waals surface area contributed by atoms with Gasteiger partial charge in [0.05, 0.1) is 32.3 Å². The number of ether oxygens (including phenoxy) is 3. The summed E-state index contributed by atoms with van der Waals surface area (Å²) in [7, 11) is 0. The molecule has 0 aromatic heterocycles. The molecule has 2 rings (SSSR count). The number of anilines is 1. The van der Waals surface area contributed by atoms with Crippen molar-refractivity contribution in [2.24, 2.45) is 0 Å². The summed E-state index contributed by atoms with van der Waals surface area (Å²) in [6.07, 6.45) is 8.29. The predicted molar refractivity (Wildman–Crippen MR) is 140 cm³/mol. The fraction of sp³-hybridized carbons (Fsp3) is 0.667. The van der Waals surface area contributed by atoms with E-state index >= 15 is 0 Å². The van der Waals surface area contributed by atoms with Crippen molar-refractivity contribution in [2.75, 3.05) is 50.8 Å². The molecule has 8 nitrogen and oxygen atoms in total. The molecule has 1 aliphatic heterocycles. The van der Waals surface area contributed by atoms with Crippen LogP contribution in [0.15, 0.2) is 24.3 Å². The van der Waals surface area contributed by atoms with Gasteiger partial charge in [0.15, 0.2) is 0 Å². The number of unbranched alkanes of at least 4 members (excludes halogenated alkanes) is 5. The number of nitrogens with one attached hydrogen (secondary N) is 2. The van der Waals surface area contributed by atoms with Crippen LogP contribution in [0.4, 0.5) is 5.69 Å². The quantitative estimate of drug-likeness (QED) is 0.147. The van der Waals surface area contributed by atoms with Crippen LogP contribution in [0.1, 0.15) is 75.7 Å². The van der Waals surface area contributed by atoms with Crippen molar-refractivity contribution in [3.05, 3.63) is 29.8 Å². The highest BCUT2D eigenvalue weighted by molar-refractivity contribution is 6.17. The fourth-order valence-corrected chi connectivity index (χ4v) is 4.12. The Labute approximate surface area is 219 Å². The van der Waals surface area contributed by atoms with Gasteiger partial charge < -0.3 is 19.5 Å². The smallest absolute Gasteiger partial charge is 0.234 e. The highest BCUT2D eigenvalue weighted by Gasteiger charge is 2.27. The van der Waals surface area contributed by atoms with Crippen LogP contribution in [0.25, 0.3) is 0 Å². The summed E-state index contributed by atoms with van der Waals surface area (Å²) in [6.45, 7) is 3.73. The van der Waals surface area contributed by atoms with Gasteiger partial charge >= 0.3 is 0 Å². The zero-order valence-electron chi connectivity index (χ0n) is 21.2. The number of hydrogen-bond donors (Lipinski definition) is 2. The minimum absolute atomic E-state index is 0.0535. The summed E-state index contributed by atoms with van der Waals surface area (Å²) >= 11 is 5.64. The maximum Gasteiger partial charge on any atom is 0.234 e. The topological polar surface area (TPSA) is 103 Å². The second kappa shape index (κ2) is 19.2. The standard InChI is InChI=1S/C27H41ClN2O6/c28-14-5-1-2-6-15-34-17-19-36-20-18-35-16-7-3-4-11-25(31)29-23-10-8-9-22(21-23)24-12-13-26(32)30-27(24)33/h8-10,21,24H,1-7,11-20H2,(H,29,31)(H,30,32,33). The van der Waals surface area contributed by atoms with Gasteiger partial charge in [0.1, 0.15) is 0 Å². The van der Waals surface area contributed by atoms with Gasteiger partial charge in [0, 0.05) is 37.6 Å². The molecule has 1 atom stereocenters. The average molecular weight is 525 g/mol. The van der Waals surface area contributed by atoms with Gasteiger partial charge in [-0.2, -0.15) is 0 Å². The number of benzene rings is 1. The lowest BCUT2D eigenvalue weighted by molar-refractivity contribution is -0.134. The van der Waals surface area contributed by atoms with E-state index in [-0.39, 0.29) is 23.6 Å². The number of carbonyl (C=O) groups excluding carboxylic acids is 3. The normalized spacial score (nSPS) is 15.6. The largest absolute Gasteiger partial charge is 0.379 e. The maximum absolute atomic E-state index is 12.3. The third kappa shape index (κ3) is 13.3. The molecule has 2 N–H and O–H groups in total. The van der Waals surface area contributed by atoms with Crippen LogP contribution in [-0.4, -0.2) is 63.2 Å². The van der Waals surface area contributed by atoms with Crippen LogP contribution in [-0.2, 0) is 28.6 Å². The van der Waals surface area contributed by atoms with Crippen molar-refractivity contribution >= 4 is 35.0 Å². The van der Waals surface area contributed by atoms with Crippen molar-refractivity contribution in [3.63, 3.8) is 0 Å². The van der Waals surface area contributed by atoms with E-state index in [1.54, 1.807) is 6.07 Å². The predicted octanol–water partition coefficient (Wildman–Crippen LogP) is 4.55. The Hall–Kier alpha value is -2.00. The molecule has 1 heterocycles. The number of halogens is 1. The number of hydrogen-bond acceptors (Lipinski definition) is 6. The molecule has 9 heteroatoms. The molecule has 1 aromatic carbocycles. The lowest BCUT2D eigenvalue weighted by atomic mass is 9.90. The molecule has 1 unspecified atom stereocenters. The lowest BCUT2D eigenvalue weighted by Gasteiger charge is -2.21. The Kier molecular flexibility index (Phi) is 16.1. The number of rotatable bonds is 20. The average Bonchev–Trinajstić information content (AvgIpc) is 2.86. The Morgan fingerprint density at radius 2 is 1.53 bits per heavy atom. The molecule has 1 saturated heterocycles. The molecule has 0 radical (unpaired) electrons. The van der Waals surface area contributed by atoms with Crippen LogP contribution in [0.3, 0.4) is 0 Å². The lowest BCUT2D eigenvalue weighted by Crippen LogP contribution is -2.39. The number of amides is 3. The van der Waals surface area contributed by atoms with Crippen LogP contribution >= 0.6 is 11.6 Å². The number of carbonyl (C=O) groups is 3. The van der Waals surface area contributed by atoms with Crippen molar-refractivity contribution in [2.45, 2.75) is 70.1 Å². The first-order valence-corrected chi connectivity index (χ1v) is 13.7.